The third-order valence-corrected chi connectivity index (χ3v) is 4.05. The van der Waals surface area contributed by atoms with Gasteiger partial charge in [-0.15, -0.1) is 0 Å². The first-order valence-electron chi connectivity index (χ1n) is 4.98. The van der Waals surface area contributed by atoms with E-state index in [1.54, 1.807) is 30.3 Å². The maximum absolute atomic E-state index is 13.4. The number of carbonyl (C=O) groups excluding carboxylic acids is 1. The molecule has 2 aromatic rings. The molecule has 2 aromatic carbocycles. The zero-order valence-corrected chi connectivity index (χ0v) is 11.3. The van der Waals surface area contributed by atoms with Crippen molar-refractivity contribution < 1.29 is 9.18 Å². The first-order chi connectivity index (χ1) is 8.61. The Hall–Kier alpha value is -1.03. The van der Waals surface area contributed by atoms with Gasteiger partial charge in [0.2, 0.25) is 0 Å². The Bertz CT molecular complexity index is 602. The number of hydrogen-bond donors (Lipinski definition) is 0. The van der Waals surface area contributed by atoms with Crippen molar-refractivity contribution in [1.29, 1.82) is 0 Å². The largest absolute Gasteiger partial charge is 0.298 e. The molecule has 0 N–H and O–H groups in total. The molecule has 0 bridgehead atoms. The summed E-state index contributed by atoms with van der Waals surface area (Å²) in [4.78, 5) is 12.1. The van der Waals surface area contributed by atoms with Crippen LogP contribution >= 0.6 is 35.0 Å². The number of carbonyl (C=O) groups is 1. The van der Waals surface area contributed by atoms with Crippen LogP contribution < -0.4 is 0 Å². The second-order valence-corrected chi connectivity index (χ2v) is 5.37. The third-order valence-electron chi connectivity index (χ3n) is 2.24. The number of rotatable bonds is 3. The molecule has 0 spiro atoms. The first-order valence-corrected chi connectivity index (χ1v) is 6.55. The van der Waals surface area contributed by atoms with Crippen molar-refractivity contribution in [2.75, 3.05) is 0 Å². The summed E-state index contributed by atoms with van der Waals surface area (Å²) < 4.78 is 13.4. The molecule has 1 nitrogen and oxygen atoms in total. The summed E-state index contributed by atoms with van der Waals surface area (Å²) >= 11 is 13.1. The van der Waals surface area contributed by atoms with Crippen molar-refractivity contribution in [1.82, 2.24) is 0 Å². The van der Waals surface area contributed by atoms with Gasteiger partial charge in [-0.25, -0.2) is 4.39 Å². The van der Waals surface area contributed by atoms with Crippen LogP contribution in [0.25, 0.3) is 0 Å². The molecule has 5 heteroatoms. The summed E-state index contributed by atoms with van der Waals surface area (Å²) in [7, 11) is 0. The summed E-state index contributed by atoms with van der Waals surface area (Å²) in [5, 5.41) is 1.04. The zero-order chi connectivity index (χ0) is 13.1. The highest BCUT2D eigenvalue weighted by Crippen LogP contribution is 2.36. The molecular formula is C13H7Cl2FOS. The van der Waals surface area contributed by atoms with Crippen molar-refractivity contribution in [2.24, 2.45) is 0 Å². The van der Waals surface area contributed by atoms with Crippen LogP contribution in [-0.4, -0.2) is 6.29 Å². The van der Waals surface area contributed by atoms with E-state index < -0.39 is 5.82 Å². The van der Waals surface area contributed by atoms with Crippen LogP contribution in [0.4, 0.5) is 4.39 Å². The van der Waals surface area contributed by atoms with E-state index in [-0.39, 0.29) is 5.56 Å². The lowest BCUT2D eigenvalue weighted by Gasteiger charge is -2.07. The van der Waals surface area contributed by atoms with Crippen molar-refractivity contribution in [2.45, 2.75) is 9.79 Å². The molecule has 18 heavy (non-hydrogen) atoms. The summed E-state index contributed by atoms with van der Waals surface area (Å²) in [6.07, 6.45) is 0.496. The van der Waals surface area contributed by atoms with Crippen molar-refractivity contribution in [3.8, 4) is 0 Å². The Morgan fingerprint density at radius 2 is 1.89 bits per heavy atom. The average Bonchev–Trinajstić information content (AvgIpc) is 2.34. The second-order valence-electron chi connectivity index (χ2n) is 3.45. The van der Waals surface area contributed by atoms with E-state index in [4.69, 9.17) is 23.2 Å². The van der Waals surface area contributed by atoms with Crippen molar-refractivity contribution in [3.05, 3.63) is 57.8 Å². The first kappa shape index (κ1) is 13.4. The normalized spacial score (nSPS) is 10.4. The summed E-state index contributed by atoms with van der Waals surface area (Å²) in [5.74, 6) is -0.548. The minimum Gasteiger partial charge on any atom is -0.298 e. The van der Waals surface area contributed by atoms with E-state index in [0.29, 0.717) is 26.1 Å². The lowest BCUT2D eigenvalue weighted by molar-refractivity contribution is 0.111. The maximum Gasteiger partial charge on any atom is 0.154 e. The SMILES string of the molecule is O=Cc1c(F)cccc1Sc1cc(Cl)ccc1Cl. The molecule has 0 fully saturated rings. The van der Waals surface area contributed by atoms with Crippen LogP contribution in [0, 0.1) is 5.82 Å². The maximum atomic E-state index is 13.4. The van der Waals surface area contributed by atoms with Crippen LogP contribution in [0.1, 0.15) is 10.4 Å². The third kappa shape index (κ3) is 2.86. The summed E-state index contributed by atoms with van der Waals surface area (Å²) in [6, 6.07) is 9.45. The van der Waals surface area contributed by atoms with Crippen LogP contribution in [0.2, 0.25) is 10.0 Å². The molecular weight excluding hydrogens is 294 g/mol. The van der Waals surface area contributed by atoms with Crippen LogP contribution in [0.15, 0.2) is 46.2 Å². The minimum atomic E-state index is -0.548. The fourth-order valence-corrected chi connectivity index (χ4v) is 2.86. The van der Waals surface area contributed by atoms with Crippen LogP contribution in [0.5, 0.6) is 0 Å². The predicted molar refractivity (Wildman–Crippen MR) is 72.4 cm³/mol. The topological polar surface area (TPSA) is 17.1 Å². The van der Waals surface area contributed by atoms with Gasteiger partial charge in [0.15, 0.2) is 6.29 Å². The molecule has 0 aromatic heterocycles. The van der Waals surface area contributed by atoms with E-state index >= 15 is 0 Å². The molecule has 0 unspecified atom stereocenters. The Balaban J connectivity index is 2.43. The quantitative estimate of drug-likeness (QED) is 0.734. The zero-order valence-electron chi connectivity index (χ0n) is 8.99. The van der Waals surface area contributed by atoms with Gasteiger partial charge in [-0.3, -0.25) is 4.79 Å². The molecule has 92 valence electrons. The second kappa shape index (κ2) is 5.74. The number of halogens is 3. The lowest BCUT2D eigenvalue weighted by atomic mass is 10.2. The van der Waals surface area contributed by atoms with Gasteiger partial charge < -0.3 is 0 Å². The smallest absolute Gasteiger partial charge is 0.154 e. The van der Waals surface area contributed by atoms with Gasteiger partial charge in [-0.2, -0.15) is 0 Å². The molecule has 0 amide bonds. The van der Waals surface area contributed by atoms with Crippen molar-refractivity contribution in [3.63, 3.8) is 0 Å². The predicted octanol–water partition coefficient (Wildman–Crippen LogP) is 5.10. The van der Waals surface area contributed by atoms with Crippen LogP contribution in [-0.2, 0) is 0 Å². The standard InChI is InChI=1S/C13H7Cl2FOS/c14-8-4-5-10(15)13(6-8)18-12-3-1-2-11(16)9(12)7-17/h1-7H. The monoisotopic (exact) mass is 300 g/mol. The highest BCUT2D eigenvalue weighted by molar-refractivity contribution is 7.99. The lowest BCUT2D eigenvalue weighted by Crippen LogP contribution is -1.90. The Morgan fingerprint density at radius 1 is 1.11 bits per heavy atom. The van der Waals surface area contributed by atoms with E-state index in [9.17, 15) is 9.18 Å². The van der Waals surface area contributed by atoms with Gasteiger partial charge in [-0.05, 0) is 30.3 Å². The van der Waals surface area contributed by atoms with E-state index in [2.05, 4.69) is 0 Å². The van der Waals surface area contributed by atoms with Gasteiger partial charge in [0.05, 0.1) is 10.6 Å². The van der Waals surface area contributed by atoms with Crippen LogP contribution in [0.3, 0.4) is 0 Å². The summed E-state index contributed by atoms with van der Waals surface area (Å²) in [5.41, 5.74) is 0.0264. The molecule has 0 saturated heterocycles. The highest BCUT2D eigenvalue weighted by Gasteiger charge is 2.11. The van der Waals surface area contributed by atoms with E-state index in [0.717, 1.165) is 0 Å². The molecule has 0 aliphatic heterocycles. The van der Waals surface area contributed by atoms with Gasteiger partial charge in [-0.1, -0.05) is 41.0 Å². The minimum absolute atomic E-state index is 0.0264. The Kier molecular flexibility index (Phi) is 4.27. The molecule has 0 saturated carbocycles. The van der Waals surface area contributed by atoms with Gasteiger partial charge >= 0.3 is 0 Å². The van der Waals surface area contributed by atoms with Crippen molar-refractivity contribution >= 4 is 41.2 Å². The van der Waals surface area contributed by atoms with Gasteiger partial charge in [0, 0.05) is 14.8 Å². The molecule has 0 aliphatic rings. The summed E-state index contributed by atoms with van der Waals surface area (Å²) in [6.45, 7) is 0. The molecule has 0 atom stereocenters. The molecule has 0 aliphatic carbocycles. The number of benzene rings is 2. The van der Waals surface area contributed by atoms with E-state index in [1.807, 2.05) is 0 Å². The molecule has 0 radical (unpaired) electrons. The highest BCUT2D eigenvalue weighted by atomic mass is 35.5. The Labute approximate surface area is 118 Å². The average molecular weight is 301 g/mol. The number of aldehydes is 1. The van der Waals surface area contributed by atoms with Gasteiger partial charge in [0.25, 0.3) is 0 Å². The molecule has 0 heterocycles. The van der Waals surface area contributed by atoms with Gasteiger partial charge in [0.1, 0.15) is 5.82 Å². The molecule has 2 rings (SSSR count). The Morgan fingerprint density at radius 3 is 2.61 bits per heavy atom. The fraction of sp³-hybridized carbons (Fsp3) is 0. The fourth-order valence-electron chi connectivity index (χ4n) is 1.39. The number of hydrogen-bond acceptors (Lipinski definition) is 2. The van der Waals surface area contributed by atoms with E-state index in [1.165, 1.54) is 17.8 Å².